The molecule has 3 rings (SSSR count). The van der Waals surface area contributed by atoms with E-state index in [0.717, 1.165) is 13.0 Å². The molecule has 0 atom stereocenters. The number of rotatable bonds is 3. The predicted molar refractivity (Wildman–Crippen MR) is 91.8 cm³/mol. The molecule has 2 aromatic rings. The van der Waals surface area contributed by atoms with Gasteiger partial charge in [-0.25, -0.2) is 0 Å². The molecule has 2 aromatic carbocycles. The lowest BCUT2D eigenvalue weighted by Gasteiger charge is -2.25. The zero-order valence-electron chi connectivity index (χ0n) is 12.2. The first-order chi connectivity index (χ1) is 10.2. The van der Waals surface area contributed by atoms with E-state index < -0.39 is 0 Å². The third-order valence-corrected chi connectivity index (χ3v) is 4.91. The minimum absolute atomic E-state index is 0.615. The minimum Gasteiger partial charge on any atom is -0.342 e. The number of aryl methyl sites for hydroxylation is 1. The van der Waals surface area contributed by atoms with Crippen LogP contribution in [0.5, 0.6) is 0 Å². The molecule has 1 aliphatic heterocycles. The Hall–Kier alpha value is -1.38. The van der Waals surface area contributed by atoms with Crippen molar-refractivity contribution in [3.8, 4) is 0 Å². The van der Waals surface area contributed by atoms with E-state index in [0.29, 0.717) is 17.0 Å². The van der Waals surface area contributed by atoms with Gasteiger partial charge in [-0.3, -0.25) is 0 Å². The van der Waals surface area contributed by atoms with Crippen molar-refractivity contribution in [2.75, 3.05) is 18.1 Å². The molecule has 110 valence electrons. The molecule has 4 heteroatoms. The van der Waals surface area contributed by atoms with Gasteiger partial charge in [0.2, 0.25) is 0 Å². The van der Waals surface area contributed by atoms with E-state index in [9.17, 15) is 0 Å². The van der Waals surface area contributed by atoms with Crippen molar-refractivity contribution in [1.29, 1.82) is 0 Å². The normalized spacial score (nSPS) is 15.4. The molecule has 2 nitrogen and oxygen atoms in total. The lowest BCUT2D eigenvalue weighted by atomic mass is 10.0. The Morgan fingerprint density at radius 2 is 1.76 bits per heavy atom. The number of hydrogen-bond acceptors (Lipinski definition) is 2. The van der Waals surface area contributed by atoms with Crippen LogP contribution in [-0.2, 0) is 6.42 Å². The third-order valence-electron chi connectivity index (χ3n) is 4.01. The molecule has 0 spiro atoms. The van der Waals surface area contributed by atoms with Crippen molar-refractivity contribution in [2.45, 2.75) is 20.3 Å². The summed E-state index contributed by atoms with van der Waals surface area (Å²) in [5.74, 6) is 0. The van der Waals surface area contributed by atoms with Gasteiger partial charge in [0.25, 0.3) is 0 Å². The standard InChI is InChI=1S/C17H18Cl2N2/c1-3-12-9-10-13-7-5-6-8-14(13)15(12)21-11-20(4-2)16(18)17(21)19/h5-10H,3-4,11H2,1-2H3. The number of halogens is 2. The van der Waals surface area contributed by atoms with Crippen LogP contribution >= 0.6 is 23.2 Å². The van der Waals surface area contributed by atoms with Crippen molar-refractivity contribution >= 4 is 39.7 Å². The Kier molecular flexibility index (Phi) is 4.01. The fourth-order valence-corrected chi connectivity index (χ4v) is 3.38. The largest absolute Gasteiger partial charge is 0.342 e. The van der Waals surface area contributed by atoms with E-state index >= 15 is 0 Å². The highest BCUT2D eigenvalue weighted by atomic mass is 35.5. The van der Waals surface area contributed by atoms with E-state index in [-0.39, 0.29) is 0 Å². The van der Waals surface area contributed by atoms with Gasteiger partial charge in [-0.15, -0.1) is 0 Å². The Bertz CT molecular complexity index is 709. The van der Waals surface area contributed by atoms with Crippen molar-refractivity contribution in [1.82, 2.24) is 4.90 Å². The second-order valence-electron chi connectivity index (χ2n) is 5.16. The van der Waals surface area contributed by atoms with Crippen LogP contribution in [0, 0.1) is 0 Å². The second kappa shape index (κ2) is 5.78. The number of benzene rings is 2. The molecular formula is C17H18Cl2N2. The molecule has 0 saturated heterocycles. The summed E-state index contributed by atoms with van der Waals surface area (Å²) in [7, 11) is 0. The van der Waals surface area contributed by atoms with Crippen LogP contribution in [0.1, 0.15) is 19.4 Å². The summed E-state index contributed by atoms with van der Waals surface area (Å²) < 4.78 is 0. The molecule has 21 heavy (non-hydrogen) atoms. The molecule has 0 bridgehead atoms. The molecule has 0 amide bonds. The van der Waals surface area contributed by atoms with Gasteiger partial charge in [0.05, 0.1) is 12.4 Å². The molecule has 0 saturated carbocycles. The van der Waals surface area contributed by atoms with Crippen molar-refractivity contribution in [3.63, 3.8) is 0 Å². The number of fused-ring (bicyclic) bond motifs is 1. The van der Waals surface area contributed by atoms with Crippen LogP contribution in [0.2, 0.25) is 0 Å². The van der Waals surface area contributed by atoms with E-state index in [1.54, 1.807) is 0 Å². The first kappa shape index (κ1) is 14.6. The average molecular weight is 321 g/mol. The molecule has 0 unspecified atom stereocenters. The topological polar surface area (TPSA) is 6.48 Å². The summed E-state index contributed by atoms with van der Waals surface area (Å²) >= 11 is 12.9. The maximum absolute atomic E-state index is 6.50. The molecule has 1 heterocycles. The van der Waals surface area contributed by atoms with E-state index in [1.807, 2.05) is 0 Å². The summed E-state index contributed by atoms with van der Waals surface area (Å²) in [5, 5.41) is 3.69. The maximum Gasteiger partial charge on any atom is 0.146 e. The fourth-order valence-electron chi connectivity index (χ4n) is 2.85. The average Bonchev–Trinajstić information content (AvgIpc) is 2.81. The van der Waals surface area contributed by atoms with Gasteiger partial charge in [0.1, 0.15) is 10.3 Å². The fraction of sp³-hybridized carbons (Fsp3) is 0.294. The summed E-state index contributed by atoms with van der Waals surface area (Å²) in [4.78, 5) is 4.19. The van der Waals surface area contributed by atoms with Gasteiger partial charge in [0.15, 0.2) is 0 Å². The number of anilines is 1. The van der Waals surface area contributed by atoms with Gasteiger partial charge in [-0.05, 0) is 24.3 Å². The number of nitrogens with zero attached hydrogens (tertiary/aromatic N) is 2. The lowest BCUT2D eigenvalue weighted by Crippen LogP contribution is -2.27. The lowest BCUT2D eigenvalue weighted by molar-refractivity contribution is 0.419. The zero-order valence-corrected chi connectivity index (χ0v) is 13.7. The van der Waals surface area contributed by atoms with Crippen molar-refractivity contribution in [2.24, 2.45) is 0 Å². The molecule has 0 radical (unpaired) electrons. The monoisotopic (exact) mass is 320 g/mol. The molecule has 0 aliphatic carbocycles. The van der Waals surface area contributed by atoms with Crippen molar-refractivity contribution < 1.29 is 0 Å². The maximum atomic E-state index is 6.50. The van der Waals surface area contributed by atoms with Crippen LogP contribution in [0.3, 0.4) is 0 Å². The van der Waals surface area contributed by atoms with E-state index in [1.165, 1.54) is 22.0 Å². The Balaban J connectivity index is 2.20. The van der Waals surface area contributed by atoms with Gasteiger partial charge >= 0.3 is 0 Å². The smallest absolute Gasteiger partial charge is 0.146 e. The second-order valence-corrected chi connectivity index (χ2v) is 5.87. The summed E-state index contributed by atoms with van der Waals surface area (Å²) in [6.45, 7) is 5.80. The van der Waals surface area contributed by atoms with Gasteiger partial charge in [0, 0.05) is 11.9 Å². The first-order valence-corrected chi connectivity index (χ1v) is 8.01. The third kappa shape index (κ3) is 2.37. The van der Waals surface area contributed by atoms with Crippen LogP contribution in [-0.4, -0.2) is 18.1 Å². The van der Waals surface area contributed by atoms with Crippen LogP contribution < -0.4 is 4.90 Å². The van der Waals surface area contributed by atoms with Crippen LogP contribution in [0.15, 0.2) is 46.7 Å². The van der Waals surface area contributed by atoms with E-state index in [2.05, 4.69) is 60.0 Å². The van der Waals surface area contributed by atoms with Crippen LogP contribution in [0.25, 0.3) is 10.8 Å². The molecule has 0 N–H and O–H groups in total. The van der Waals surface area contributed by atoms with E-state index in [4.69, 9.17) is 23.2 Å². The minimum atomic E-state index is 0.615. The van der Waals surface area contributed by atoms with Gasteiger partial charge in [-0.2, -0.15) is 0 Å². The van der Waals surface area contributed by atoms with Crippen LogP contribution in [0.4, 0.5) is 5.69 Å². The van der Waals surface area contributed by atoms with Gasteiger partial charge < -0.3 is 9.80 Å². The van der Waals surface area contributed by atoms with Crippen molar-refractivity contribution in [3.05, 3.63) is 52.3 Å². The quantitative estimate of drug-likeness (QED) is 0.725. The molecule has 0 fully saturated rings. The Morgan fingerprint density at radius 1 is 1.00 bits per heavy atom. The molecule has 0 aromatic heterocycles. The summed E-state index contributed by atoms with van der Waals surface area (Å²) in [6.07, 6.45) is 0.963. The molecular weight excluding hydrogens is 303 g/mol. The summed E-state index contributed by atoms with van der Waals surface area (Å²) in [6, 6.07) is 12.8. The summed E-state index contributed by atoms with van der Waals surface area (Å²) in [5.41, 5.74) is 2.46. The first-order valence-electron chi connectivity index (χ1n) is 7.25. The highest BCUT2D eigenvalue weighted by Crippen LogP contribution is 2.39. The Morgan fingerprint density at radius 3 is 2.43 bits per heavy atom. The molecule has 1 aliphatic rings. The highest BCUT2D eigenvalue weighted by molar-refractivity contribution is 6.40. The zero-order chi connectivity index (χ0) is 15.0. The highest BCUT2D eigenvalue weighted by Gasteiger charge is 2.29. The Labute approximate surface area is 135 Å². The predicted octanol–water partition coefficient (Wildman–Crippen LogP) is 5.11. The number of hydrogen-bond donors (Lipinski definition) is 0. The SMILES string of the molecule is CCc1ccc2ccccc2c1N1CN(CC)C(Cl)=C1Cl. The van der Waals surface area contributed by atoms with Gasteiger partial charge in [-0.1, -0.05) is 66.5 Å².